The van der Waals surface area contributed by atoms with E-state index in [-0.39, 0.29) is 17.6 Å². The monoisotopic (exact) mass is 265 g/mol. The molecule has 1 amide bonds. The minimum Gasteiger partial charge on any atom is -0.342 e. The molecule has 0 aromatic carbocycles. The molecule has 2 aliphatic rings. The number of hydrogen-bond donors (Lipinski definition) is 0. The third kappa shape index (κ3) is 3.80. The number of carbonyl (C=O) groups is 2. The first kappa shape index (κ1) is 14.5. The van der Waals surface area contributed by atoms with Crippen LogP contribution < -0.4 is 0 Å². The largest absolute Gasteiger partial charge is 0.342 e. The molecule has 0 bridgehead atoms. The minimum atomic E-state index is 0.0527. The van der Waals surface area contributed by atoms with Crippen LogP contribution in [0.5, 0.6) is 0 Å². The molecule has 108 valence electrons. The Bertz CT molecular complexity index is 338. The van der Waals surface area contributed by atoms with Gasteiger partial charge in [-0.05, 0) is 24.7 Å². The average Bonchev–Trinajstić information content (AvgIpc) is 2.43. The Labute approximate surface area is 116 Å². The molecule has 1 saturated heterocycles. The Morgan fingerprint density at radius 1 is 1.05 bits per heavy atom. The quantitative estimate of drug-likeness (QED) is 0.783. The second kappa shape index (κ2) is 6.53. The van der Waals surface area contributed by atoms with E-state index in [0.29, 0.717) is 12.8 Å². The molecule has 2 atom stereocenters. The van der Waals surface area contributed by atoms with Crippen molar-refractivity contribution in [1.29, 1.82) is 0 Å². The molecule has 1 aliphatic carbocycles. The second-order valence-electron chi connectivity index (χ2n) is 6.55. The molecule has 2 rings (SSSR count). The van der Waals surface area contributed by atoms with Crippen molar-refractivity contribution in [2.75, 3.05) is 13.1 Å². The Morgan fingerprint density at radius 3 is 2.42 bits per heavy atom. The van der Waals surface area contributed by atoms with Crippen molar-refractivity contribution in [3.8, 4) is 0 Å². The minimum absolute atomic E-state index is 0.0527. The summed E-state index contributed by atoms with van der Waals surface area (Å²) in [6.45, 7) is 5.66. The Hall–Kier alpha value is -0.860. The molecule has 3 nitrogen and oxygen atoms in total. The number of hydrogen-bond acceptors (Lipinski definition) is 2. The zero-order valence-electron chi connectivity index (χ0n) is 12.4. The van der Waals surface area contributed by atoms with E-state index < -0.39 is 0 Å². The number of rotatable bonds is 4. The Morgan fingerprint density at radius 2 is 1.74 bits per heavy atom. The maximum atomic E-state index is 12.2. The van der Waals surface area contributed by atoms with Gasteiger partial charge in [0, 0.05) is 31.8 Å². The summed E-state index contributed by atoms with van der Waals surface area (Å²) in [5, 5.41) is 0. The van der Waals surface area contributed by atoms with Crippen molar-refractivity contribution in [1.82, 2.24) is 4.90 Å². The summed E-state index contributed by atoms with van der Waals surface area (Å²) >= 11 is 0. The first-order valence-corrected chi connectivity index (χ1v) is 7.88. The maximum absolute atomic E-state index is 12.2. The Kier molecular flexibility index (Phi) is 5.00. The summed E-state index contributed by atoms with van der Waals surface area (Å²) in [6.07, 6.45) is 7.36. The first-order chi connectivity index (χ1) is 9.08. The summed E-state index contributed by atoms with van der Waals surface area (Å²) in [7, 11) is 0. The molecule has 2 unspecified atom stereocenters. The van der Waals surface area contributed by atoms with Crippen molar-refractivity contribution < 1.29 is 9.59 Å². The van der Waals surface area contributed by atoms with Crippen molar-refractivity contribution >= 4 is 11.7 Å². The van der Waals surface area contributed by atoms with Crippen LogP contribution in [0.3, 0.4) is 0 Å². The van der Waals surface area contributed by atoms with E-state index in [1.807, 2.05) is 18.7 Å². The van der Waals surface area contributed by atoms with Crippen LogP contribution in [0.2, 0.25) is 0 Å². The topological polar surface area (TPSA) is 37.4 Å². The molecule has 0 radical (unpaired) electrons. The third-order valence-corrected chi connectivity index (χ3v) is 4.87. The van der Waals surface area contributed by atoms with E-state index in [0.717, 1.165) is 24.9 Å². The lowest BCUT2D eigenvalue weighted by Crippen LogP contribution is -2.44. The zero-order chi connectivity index (χ0) is 13.8. The van der Waals surface area contributed by atoms with Gasteiger partial charge < -0.3 is 4.90 Å². The van der Waals surface area contributed by atoms with E-state index in [1.165, 1.54) is 32.1 Å². The Balaban J connectivity index is 1.78. The van der Waals surface area contributed by atoms with Crippen molar-refractivity contribution in [2.45, 2.75) is 58.8 Å². The fourth-order valence-corrected chi connectivity index (χ4v) is 3.50. The number of fused-ring (bicyclic) bond motifs is 1. The molecular weight excluding hydrogens is 238 g/mol. The molecule has 0 aromatic rings. The van der Waals surface area contributed by atoms with Crippen LogP contribution in [0.25, 0.3) is 0 Å². The number of nitrogens with zero attached hydrogens (tertiary/aromatic N) is 1. The number of carbonyl (C=O) groups excluding carboxylic acids is 2. The van der Waals surface area contributed by atoms with E-state index in [1.54, 1.807) is 0 Å². The summed E-state index contributed by atoms with van der Waals surface area (Å²) in [6, 6.07) is 0. The van der Waals surface area contributed by atoms with Gasteiger partial charge in [-0.25, -0.2) is 0 Å². The SMILES string of the molecule is CC(C)C(=O)CCC(=O)N1CCC2CCCCC2C1. The lowest BCUT2D eigenvalue weighted by molar-refractivity contribution is -0.136. The molecule has 1 heterocycles. The second-order valence-corrected chi connectivity index (χ2v) is 6.55. The third-order valence-electron chi connectivity index (χ3n) is 4.87. The number of likely N-dealkylation sites (tertiary alicyclic amines) is 1. The van der Waals surface area contributed by atoms with Crippen LogP contribution in [0.4, 0.5) is 0 Å². The van der Waals surface area contributed by atoms with E-state index >= 15 is 0 Å². The lowest BCUT2D eigenvalue weighted by atomic mass is 9.75. The van der Waals surface area contributed by atoms with Gasteiger partial charge in [0.05, 0.1) is 0 Å². The van der Waals surface area contributed by atoms with Gasteiger partial charge in [0.1, 0.15) is 5.78 Å². The average molecular weight is 265 g/mol. The van der Waals surface area contributed by atoms with Gasteiger partial charge in [-0.15, -0.1) is 0 Å². The molecule has 0 N–H and O–H groups in total. The smallest absolute Gasteiger partial charge is 0.223 e. The number of amides is 1. The van der Waals surface area contributed by atoms with Crippen LogP contribution >= 0.6 is 0 Å². The maximum Gasteiger partial charge on any atom is 0.223 e. The van der Waals surface area contributed by atoms with Crippen molar-refractivity contribution in [3.05, 3.63) is 0 Å². The fraction of sp³-hybridized carbons (Fsp3) is 0.875. The molecular formula is C16H27NO2. The molecule has 1 saturated carbocycles. The van der Waals surface area contributed by atoms with Crippen LogP contribution in [0.1, 0.15) is 58.8 Å². The van der Waals surface area contributed by atoms with Gasteiger partial charge in [-0.3, -0.25) is 9.59 Å². The van der Waals surface area contributed by atoms with Crippen LogP contribution in [-0.4, -0.2) is 29.7 Å². The standard InChI is InChI=1S/C16H27NO2/c1-12(2)15(18)7-8-16(19)17-10-9-13-5-3-4-6-14(13)11-17/h12-14H,3-11H2,1-2H3. The van der Waals surface area contributed by atoms with Crippen molar-refractivity contribution in [2.24, 2.45) is 17.8 Å². The first-order valence-electron chi connectivity index (χ1n) is 7.88. The lowest BCUT2D eigenvalue weighted by Gasteiger charge is -2.41. The van der Waals surface area contributed by atoms with Crippen molar-refractivity contribution in [3.63, 3.8) is 0 Å². The highest BCUT2D eigenvalue weighted by Crippen LogP contribution is 2.36. The summed E-state index contributed by atoms with van der Waals surface area (Å²) in [5.41, 5.74) is 0. The van der Waals surface area contributed by atoms with Gasteiger partial charge >= 0.3 is 0 Å². The summed E-state index contributed by atoms with van der Waals surface area (Å²) in [4.78, 5) is 25.8. The predicted molar refractivity (Wildman–Crippen MR) is 75.7 cm³/mol. The molecule has 3 heteroatoms. The number of piperidine rings is 1. The molecule has 19 heavy (non-hydrogen) atoms. The normalized spacial score (nSPS) is 27.2. The van der Waals surface area contributed by atoms with Crippen LogP contribution in [-0.2, 0) is 9.59 Å². The highest BCUT2D eigenvalue weighted by atomic mass is 16.2. The number of ketones is 1. The fourth-order valence-electron chi connectivity index (χ4n) is 3.50. The van der Waals surface area contributed by atoms with Crippen LogP contribution in [0, 0.1) is 17.8 Å². The molecule has 1 aliphatic heterocycles. The summed E-state index contributed by atoms with van der Waals surface area (Å²) < 4.78 is 0. The van der Waals surface area contributed by atoms with Crippen LogP contribution in [0.15, 0.2) is 0 Å². The predicted octanol–water partition coefficient (Wildman–Crippen LogP) is 3.03. The number of Topliss-reactive ketones (excluding diaryl/α,β-unsaturated/α-hetero) is 1. The van der Waals surface area contributed by atoms with Gasteiger partial charge in [-0.1, -0.05) is 33.1 Å². The highest BCUT2D eigenvalue weighted by Gasteiger charge is 2.32. The van der Waals surface area contributed by atoms with Gasteiger partial charge in [-0.2, -0.15) is 0 Å². The molecule has 2 fully saturated rings. The van der Waals surface area contributed by atoms with Gasteiger partial charge in [0.25, 0.3) is 0 Å². The zero-order valence-corrected chi connectivity index (χ0v) is 12.4. The molecule has 0 aromatic heterocycles. The summed E-state index contributed by atoms with van der Waals surface area (Å²) in [5.74, 6) is 2.04. The van der Waals surface area contributed by atoms with Gasteiger partial charge in [0.2, 0.25) is 5.91 Å². The van der Waals surface area contributed by atoms with E-state index in [4.69, 9.17) is 0 Å². The van der Waals surface area contributed by atoms with E-state index in [9.17, 15) is 9.59 Å². The highest BCUT2D eigenvalue weighted by molar-refractivity contribution is 5.86. The molecule has 0 spiro atoms. The van der Waals surface area contributed by atoms with Gasteiger partial charge in [0.15, 0.2) is 0 Å². The van der Waals surface area contributed by atoms with E-state index in [2.05, 4.69) is 0 Å².